The SMILES string of the molecule is C[C@H](COc1cccc(C=O)c1)NC(=O)OC(C)(C)C. The quantitative estimate of drug-likeness (QED) is 0.842. The fourth-order valence-electron chi connectivity index (χ4n) is 1.45. The molecule has 5 heteroatoms. The van der Waals surface area contributed by atoms with Gasteiger partial charge < -0.3 is 14.8 Å². The summed E-state index contributed by atoms with van der Waals surface area (Å²) in [6.45, 7) is 7.52. The van der Waals surface area contributed by atoms with Gasteiger partial charge in [0.2, 0.25) is 0 Å². The molecule has 0 saturated carbocycles. The molecule has 1 N–H and O–H groups in total. The van der Waals surface area contributed by atoms with Gasteiger partial charge in [-0.05, 0) is 39.8 Å². The second-order valence-corrected chi connectivity index (χ2v) is 5.55. The van der Waals surface area contributed by atoms with Crippen molar-refractivity contribution in [2.24, 2.45) is 0 Å². The molecule has 1 rings (SSSR count). The van der Waals surface area contributed by atoms with E-state index in [1.165, 1.54) is 0 Å². The van der Waals surface area contributed by atoms with Gasteiger partial charge in [-0.3, -0.25) is 4.79 Å². The van der Waals surface area contributed by atoms with Crippen molar-refractivity contribution in [2.45, 2.75) is 39.3 Å². The average molecular weight is 279 g/mol. The van der Waals surface area contributed by atoms with Crippen molar-refractivity contribution < 1.29 is 19.1 Å². The topological polar surface area (TPSA) is 64.6 Å². The minimum Gasteiger partial charge on any atom is -0.491 e. The summed E-state index contributed by atoms with van der Waals surface area (Å²) < 4.78 is 10.7. The zero-order valence-corrected chi connectivity index (χ0v) is 12.3. The van der Waals surface area contributed by atoms with E-state index in [9.17, 15) is 9.59 Å². The normalized spacial score (nSPS) is 12.4. The zero-order valence-electron chi connectivity index (χ0n) is 12.3. The van der Waals surface area contributed by atoms with Gasteiger partial charge in [-0.25, -0.2) is 4.79 Å². The Bertz CT molecular complexity index is 465. The first-order valence-electron chi connectivity index (χ1n) is 6.48. The lowest BCUT2D eigenvalue weighted by Crippen LogP contribution is -2.40. The van der Waals surface area contributed by atoms with Crippen molar-refractivity contribution in [3.63, 3.8) is 0 Å². The van der Waals surface area contributed by atoms with Gasteiger partial charge in [0.15, 0.2) is 0 Å². The number of aldehydes is 1. The third-order valence-electron chi connectivity index (χ3n) is 2.26. The van der Waals surface area contributed by atoms with Crippen LogP contribution >= 0.6 is 0 Å². The maximum absolute atomic E-state index is 11.5. The van der Waals surface area contributed by atoms with Gasteiger partial charge in [-0.2, -0.15) is 0 Å². The van der Waals surface area contributed by atoms with E-state index >= 15 is 0 Å². The summed E-state index contributed by atoms with van der Waals surface area (Å²) in [5.74, 6) is 0.590. The van der Waals surface area contributed by atoms with Gasteiger partial charge in [0.05, 0.1) is 6.04 Å². The third-order valence-corrected chi connectivity index (χ3v) is 2.26. The standard InChI is InChI=1S/C15H21NO4/c1-11(16-14(18)20-15(2,3)4)10-19-13-7-5-6-12(8-13)9-17/h5-9,11H,10H2,1-4H3,(H,16,18)/t11-/m1/s1. The van der Waals surface area contributed by atoms with E-state index in [4.69, 9.17) is 9.47 Å². The van der Waals surface area contributed by atoms with E-state index in [1.807, 2.05) is 6.92 Å². The minimum atomic E-state index is -0.525. The largest absolute Gasteiger partial charge is 0.491 e. The third kappa shape index (κ3) is 6.22. The summed E-state index contributed by atoms with van der Waals surface area (Å²) in [5, 5.41) is 2.68. The second kappa shape index (κ2) is 6.93. The van der Waals surface area contributed by atoms with Crippen molar-refractivity contribution in [1.29, 1.82) is 0 Å². The van der Waals surface area contributed by atoms with E-state index in [1.54, 1.807) is 45.0 Å². The second-order valence-electron chi connectivity index (χ2n) is 5.55. The Morgan fingerprint density at radius 1 is 1.40 bits per heavy atom. The van der Waals surface area contributed by atoms with Crippen molar-refractivity contribution in [3.05, 3.63) is 29.8 Å². The summed E-state index contributed by atoms with van der Waals surface area (Å²) in [6, 6.07) is 6.64. The fraction of sp³-hybridized carbons (Fsp3) is 0.467. The zero-order chi connectivity index (χ0) is 15.2. The highest BCUT2D eigenvalue weighted by atomic mass is 16.6. The minimum absolute atomic E-state index is 0.204. The van der Waals surface area contributed by atoms with Crippen LogP contribution in [0.1, 0.15) is 38.1 Å². The lowest BCUT2D eigenvalue weighted by molar-refractivity contribution is 0.0494. The van der Waals surface area contributed by atoms with Gasteiger partial charge in [-0.15, -0.1) is 0 Å². The number of hydrogen-bond donors (Lipinski definition) is 1. The Hall–Kier alpha value is -2.04. The monoisotopic (exact) mass is 279 g/mol. The maximum Gasteiger partial charge on any atom is 0.407 e. The number of nitrogens with one attached hydrogen (secondary N) is 1. The summed E-state index contributed by atoms with van der Waals surface area (Å²) in [5.41, 5.74) is 0.0263. The van der Waals surface area contributed by atoms with E-state index < -0.39 is 11.7 Å². The molecule has 0 heterocycles. The van der Waals surface area contributed by atoms with Crippen molar-refractivity contribution >= 4 is 12.4 Å². The Morgan fingerprint density at radius 2 is 2.10 bits per heavy atom. The molecule has 110 valence electrons. The first-order chi connectivity index (χ1) is 9.30. The summed E-state index contributed by atoms with van der Waals surface area (Å²) in [4.78, 5) is 22.2. The molecule has 1 aromatic rings. The maximum atomic E-state index is 11.5. The molecule has 0 aliphatic carbocycles. The molecule has 0 aliphatic rings. The molecule has 0 aliphatic heterocycles. The van der Waals surface area contributed by atoms with E-state index in [0.29, 0.717) is 17.9 Å². The Morgan fingerprint density at radius 3 is 2.70 bits per heavy atom. The number of rotatable bonds is 5. The smallest absolute Gasteiger partial charge is 0.407 e. The van der Waals surface area contributed by atoms with Crippen LogP contribution in [0.2, 0.25) is 0 Å². The van der Waals surface area contributed by atoms with Gasteiger partial charge in [0, 0.05) is 5.56 Å². The van der Waals surface area contributed by atoms with Crippen LogP contribution in [-0.4, -0.2) is 30.6 Å². The van der Waals surface area contributed by atoms with Crippen molar-refractivity contribution in [3.8, 4) is 5.75 Å². The lowest BCUT2D eigenvalue weighted by Gasteiger charge is -2.22. The van der Waals surface area contributed by atoms with Crippen LogP contribution in [0.25, 0.3) is 0 Å². The number of ether oxygens (including phenoxy) is 2. The fourth-order valence-corrected chi connectivity index (χ4v) is 1.45. The predicted octanol–water partition coefficient (Wildman–Crippen LogP) is 2.79. The van der Waals surface area contributed by atoms with Crippen molar-refractivity contribution in [1.82, 2.24) is 5.32 Å². The highest BCUT2D eigenvalue weighted by molar-refractivity contribution is 5.75. The van der Waals surface area contributed by atoms with E-state index in [0.717, 1.165) is 6.29 Å². The molecule has 0 aromatic heterocycles. The Balaban J connectivity index is 2.41. The number of benzene rings is 1. The van der Waals surface area contributed by atoms with Crippen molar-refractivity contribution in [2.75, 3.05) is 6.61 Å². The highest BCUT2D eigenvalue weighted by Crippen LogP contribution is 2.12. The number of hydrogen-bond acceptors (Lipinski definition) is 4. The highest BCUT2D eigenvalue weighted by Gasteiger charge is 2.17. The molecule has 0 radical (unpaired) electrons. The summed E-state index contributed by atoms with van der Waals surface area (Å²) in [6.07, 6.45) is 0.283. The molecule has 0 spiro atoms. The predicted molar refractivity (Wildman–Crippen MR) is 76.2 cm³/mol. The molecule has 20 heavy (non-hydrogen) atoms. The van der Waals surface area contributed by atoms with Crippen LogP contribution in [0.5, 0.6) is 5.75 Å². The number of amides is 1. The van der Waals surface area contributed by atoms with Crippen LogP contribution in [0.15, 0.2) is 24.3 Å². The number of carbonyl (C=O) groups is 2. The van der Waals surface area contributed by atoms with Crippen LogP contribution in [0.4, 0.5) is 4.79 Å². The van der Waals surface area contributed by atoms with Gasteiger partial charge in [-0.1, -0.05) is 12.1 Å². The summed E-state index contributed by atoms with van der Waals surface area (Å²) >= 11 is 0. The Labute approximate surface area is 119 Å². The molecule has 0 unspecified atom stereocenters. The molecule has 0 bridgehead atoms. The molecule has 1 aromatic carbocycles. The van der Waals surface area contributed by atoms with Gasteiger partial charge in [0.1, 0.15) is 24.2 Å². The first kappa shape index (κ1) is 16.0. The molecule has 5 nitrogen and oxygen atoms in total. The van der Waals surface area contributed by atoms with Crippen LogP contribution < -0.4 is 10.1 Å². The number of alkyl carbamates (subject to hydrolysis) is 1. The Kier molecular flexibility index (Phi) is 5.55. The molecular weight excluding hydrogens is 258 g/mol. The van der Waals surface area contributed by atoms with Gasteiger partial charge >= 0.3 is 6.09 Å². The van der Waals surface area contributed by atoms with E-state index in [-0.39, 0.29) is 6.04 Å². The molecule has 1 amide bonds. The molecular formula is C15H21NO4. The van der Waals surface area contributed by atoms with Crippen LogP contribution in [0.3, 0.4) is 0 Å². The van der Waals surface area contributed by atoms with Crippen LogP contribution in [-0.2, 0) is 4.74 Å². The summed E-state index contributed by atoms with van der Waals surface area (Å²) in [7, 11) is 0. The first-order valence-corrected chi connectivity index (χ1v) is 6.48. The molecule has 0 saturated heterocycles. The number of carbonyl (C=O) groups excluding carboxylic acids is 2. The van der Waals surface area contributed by atoms with Gasteiger partial charge in [0.25, 0.3) is 0 Å². The molecule has 0 fully saturated rings. The average Bonchev–Trinajstić information content (AvgIpc) is 2.34. The van der Waals surface area contributed by atoms with E-state index in [2.05, 4.69) is 5.32 Å². The lowest BCUT2D eigenvalue weighted by atomic mass is 10.2. The van der Waals surface area contributed by atoms with Crippen LogP contribution in [0, 0.1) is 0 Å². The molecule has 1 atom stereocenters.